The summed E-state index contributed by atoms with van der Waals surface area (Å²) in [5.41, 5.74) is 8.32. The highest BCUT2D eigenvalue weighted by Crippen LogP contribution is 2.34. The first-order chi connectivity index (χ1) is 12.1. The molecular formula is C25H32N+. The zero-order valence-electron chi connectivity index (χ0n) is 17.6. The molecule has 0 aliphatic carbocycles. The molecule has 2 aromatic carbocycles. The van der Waals surface area contributed by atoms with Gasteiger partial charge in [0.15, 0.2) is 6.20 Å². The molecule has 3 aromatic rings. The molecule has 1 heterocycles. The molecule has 0 aliphatic rings. The Kier molecular flexibility index (Phi) is 4.69. The zero-order chi connectivity index (χ0) is 19.2. The lowest BCUT2D eigenvalue weighted by molar-refractivity contribution is -0.659. The van der Waals surface area contributed by atoms with Gasteiger partial charge in [-0.1, -0.05) is 52.8 Å². The number of aromatic nitrogens is 1. The molecule has 0 spiro atoms. The van der Waals surface area contributed by atoms with Crippen LogP contribution in [0, 0.1) is 13.8 Å². The Morgan fingerprint density at radius 3 is 2.23 bits per heavy atom. The minimum atomic E-state index is 0.140. The maximum atomic E-state index is 2.40. The highest BCUT2D eigenvalue weighted by Gasteiger charge is 2.22. The van der Waals surface area contributed by atoms with Crippen molar-refractivity contribution in [3.05, 3.63) is 64.8 Å². The molecule has 3 rings (SSSR count). The van der Waals surface area contributed by atoms with Crippen molar-refractivity contribution < 1.29 is 4.57 Å². The molecule has 0 unspecified atom stereocenters. The summed E-state index contributed by atoms with van der Waals surface area (Å²) in [4.78, 5) is 0. The second-order valence-electron chi connectivity index (χ2n) is 8.99. The molecule has 0 radical (unpaired) electrons. The Labute approximate surface area is 158 Å². The molecule has 1 aromatic heterocycles. The molecule has 0 amide bonds. The van der Waals surface area contributed by atoms with E-state index in [-0.39, 0.29) is 5.41 Å². The third kappa shape index (κ3) is 3.28. The van der Waals surface area contributed by atoms with E-state index in [0.717, 1.165) is 0 Å². The van der Waals surface area contributed by atoms with Gasteiger partial charge >= 0.3 is 0 Å². The summed E-state index contributed by atoms with van der Waals surface area (Å²) in [6, 6.07) is 13.9. The fourth-order valence-corrected chi connectivity index (χ4v) is 3.62. The molecule has 0 bridgehead atoms. The Morgan fingerprint density at radius 2 is 1.62 bits per heavy atom. The highest BCUT2D eigenvalue weighted by atomic mass is 14.9. The van der Waals surface area contributed by atoms with Crippen molar-refractivity contribution in [2.75, 3.05) is 0 Å². The van der Waals surface area contributed by atoms with Gasteiger partial charge in [-0.2, -0.15) is 0 Å². The van der Waals surface area contributed by atoms with Gasteiger partial charge in [0, 0.05) is 6.07 Å². The number of hydrogen-bond acceptors (Lipinski definition) is 0. The number of benzene rings is 2. The van der Waals surface area contributed by atoms with Crippen LogP contribution in [0.3, 0.4) is 0 Å². The Hall–Kier alpha value is -2.15. The van der Waals surface area contributed by atoms with Crippen LogP contribution in [-0.4, -0.2) is 0 Å². The molecular weight excluding hydrogens is 314 g/mol. The topological polar surface area (TPSA) is 3.88 Å². The first-order valence-electron chi connectivity index (χ1n) is 9.64. The monoisotopic (exact) mass is 346 g/mol. The van der Waals surface area contributed by atoms with Gasteiger partial charge in [-0.15, -0.1) is 0 Å². The molecule has 0 N–H and O–H groups in total. The Balaban J connectivity index is 2.35. The van der Waals surface area contributed by atoms with Crippen LogP contribution in [0.1, 0.15) is 62.8 Å². The van der Waals surface area contributed by atoms with Crippen molar-refractivity contribution in [2.45, 2.75) is 59.8 Å². The molecule has 0 saturated carbocycles. The van der Waals surface area contributed by atoms with Crippen LogP contribution in [0.25, 0.3) is 22.0 Å². The summed E-state index contributed by atoms with van der Waals surface area (Å²) in [5.74, 6) is 0.546. The summed E-state index contributed by atoms with van der Waals surface area (Å²) >= 11 is 0. The first kappa shape index (κ1) is 18.6. The predicted octanol–water partition coefficient (Wildman–Crippen LogP) is 6.37. The third-order valence-corrected chi connectivity index (χ3v) is 5.62. The molecule has 1 heteroatoms. The second-order valence-corrected chi connectivity index (χ2v) is 8.99. The smallest absolute Gasteiger partial charge is 0.200 e. The largest absolute Gasteiger partial charge is 0.220 e. The van der Waals surface area contributed by atoms with E-state index >= 15 is 0 Å². The van der Waals surface area contributed by atoms with Crippen LogP contribution >= 0.6 is 0 Å². The van der Waals surface area contributed by atoms with E-state index < -0.39 is 0 Å². The molecule has 26 heavy (non-hydrogen) atoms. The van der Waals surface area contributed by atoms with Crippen molar-refractivity contribution in [3.8, 4) is 11.3 Å². The minimum absolute atomic E-state index is 0.140. The SMILES string of the molecule is Cc1cc(C(C)(C)C)cc(-c2c3ccc(C(C)C)cc3cc[n+]2C)c1C. The predicted molar refractivity (Wildman–Crippen MR) is 113 cm³/mol. The number of nitrogens with zero attached hydrogens (tertiary/aromatic N) is 1. The first-order valence-corrected chi connectivity index (χ1v) is 9.64. The van der Waals surface area contributed by atoms with Gasteiger partial charge in [-0.25, -0.2) is 4.57 Å². The fourth-order valence-electron chi connectivity index (χ4n) is 3.62. The normalized spacial score (nSPS) is 12.2. The van der Waals surface area contributed by atoms with Crippen molar-refractivity contribution in [3.63, 3.8) is 0 Å². The lowest BCUT2D eigenvalue weighted by atomic mass is 9.82. The van der Waals surface area contributed by atoms with Gasteiger partial charge < -0.3 is 0 Å². The van der Waals surface area contributed by atoms with Crippen molar-refractivity contribution in [1.82, 2.24) is 0 Å². The van der Waals surface area contributed by atoms with Crippen LogP contribution < -0.4 is 4.57 Å². The molecule has 0 fully saturated rings. The van der Waals surface area contributed by atoms with Gasteiger partial charge in [0.1, 0.15) is 7.05 Å². The van der Waals surface area contributed by atoms with Crippen molar-refractivity contribution >= 4 is 10.8 Å². The number of fused-ring (bicyclic) bond motifs is 1. The standard InChI is InChI=1S/C25H32N/c1-16(2)19-9-10-22-20(14-19)11-12-26(8)24(22)23-15-21(25(5,6)7)13-17(3)18(23)4/h9-16H,1-8H3/q+1. The van der Waals surface area contributed by atoms with E-state index in [1.54, 1.807) is 0 Å². The Bertz CT molecular complexity index is 972. The van der Waals surface area contributed by atoms with Gasteiger partial charge in [0.25, 0.3) is 0 Å². The lowest BCUT2D eigenvalue weighted by Crippen LogP contribution is -2.31. The maximum absolute atomic E-state index is 2.40. The fraction of sp³-hybridized carbons (Fsp3) is 0.400. The molecule has 0 atom stereocenters. The number of rotatable bonds is 2. The van der Waals surface area contributed by atoms with E-state index in [1.165, 1.54) is 44.3 Å². The number of hydrogen-bond donors (Lipinski definition) is 0. The van der Waals surface area contributed by atoms with E-state index in [0.29, 0.717) is 5.92 Å². The quantitative estimate of drug-likeness (QED) is 0.475. The van der Waals surface area contributed by atoms with E-state index in [4.69, 9.17) is 0 Å². The zero-order valence-corrected chi connectivity index (χ0v) is 17.6. The van der Waals surface area contributed by atoms with Crippen LogP contribution in [0.5, 0.6) is 0 Å². The number of aryl methyl sites for hydroxylation is 2. The van der Waals surface area contributed by atoms with Crippen molar-refractivity contribution in [2.24, 2.45) is 7.05 Å². The summed E-state index contributed by atoms with van der Waals surface area (Å²) < 4.78 is 2.27. The van der Waals surface area contributed by atoms with Crippen LogP contribution in [0.15, 0.2) is 42.6 Å². The molecule has 0 aliphatic heterocycles. The third-order valence-electron chi connectivity index (χ3n) is 5.62. The van der Waals surface area contributed by atoms with E-state index in [2.05, 4.69) is 103 Å². The summed E-state index contributed by atoms with van der Waals surface area (Å²) in [5, 5.41) is 2.65. The lowest BCUT2D eigenvalue weighted by Gasteiger charge is -2.22. The van der Waals surface area contributed by atoms with Gasteiger partial charge in [-0.05, 0) is 65.0 Å². The van der Waals surface area contributed by atoms with Crippen molar-refractivity contribution in [1.29, 1.82) is 0 Å². The second kappa shape index (κ2) is 6.54. The summed E-state index contributed by atoms with van der Waals surface area (Å²) in [7, 11) is 2.16. The van der Waals surface area contributed by atoms with Crippen LogP contribution in [-0.2, 0) is 12.5 Å². The van der Waals surface area contributed by atoms with Crippen LogP contribution in [0.4, 0.5) is 0 Å². The summed E-state index contributed by atoms with van der Waals surface area (Å²) in [6.07, 6.45) is 2.19. The average molecular weight is 347 g/mol. The van der Waals surface area contributed by atoms with E-state index in [1.807, 2.05) is 0 Å². The average Bonchev–Trinajstić information content (AvgIpc) is 2.56. The Morgan fingerprint density at radius 1 is 0.923 bits per heavy atom. The van der Waals surface area contributed by atoms with Gasteiger partial charge in [0.2, 0.25) is 5.69 Å². The highest BCUT2D eigenvalue weighted by molar-refractivity contribution is 5.94. The molecule has 136 valence electrons. The van der Waals surface area contributed by atoms with Crippen LogP contribution in [0.2, 0.25) is 0 Å². The maximum Gasteiger partial charge on any atom is 0.220 e. The van der Waals surface area contributed by atoms with E-state index in [9.17, 15) is 0 Å². The van der Waals surface area contributed by atoms with Gasteiger partial charge in [0.05, 0.1) is 10.9 Å². The minimum Gasteiger partial charge on any atom is -0.200 e. The van der Waals surface area contributed by atoms with Gasteiger partial charge in [-0.3, -0.25) is 0 Å². The molecule has 0 saturated heterocycles. The number of pyridine rings is 1. The summed E-state index contributed by atoms with van der Waals surface area (Å²) in [6.45, 7) is 15.9. The molecule has 1 nitrogen and oxygen atoms in total.